The van der Waals surface area contributed by atoms with Crippen molar-refractivity contribution in [3.63, 3.8) is 0 Å². The molecular formula is C12H9Cl4NO3. The van der Waals surface area contributed by atoms with Gasteiger partial charge in [-0.25, -0.2) is 0 Å². The topological polar surface area (TPSA) is 46.6 Å². The second-order valence-corrected chi connectivity index (χ2v) is 7.15. The number of fused-ring (bicyclic) bond motifs is 5. The summed E-state index contributed by atoms with van der Waals surface area (Å²) in [5, 5.41) is 0.983. The Balaban J connectivity index is 2.05. The summed E-state index contributed by atoms with van der Waals surface area (Å²) in [6.07, 6.45) is 1.58. The predicted octanol–water partition coefficient (Wildman–Crippen LogP) is 2.77. The number of alkyl halides is 2. The van der Waals surface area contributed by atoms with E-state index in [1.807, 2.05) is 0 Å². The van der Waals surface area contributed by atoms with Gasteiger partial charge in [0, 0.05) is 0 Å². The van der Waals surface area contributed by atoms with Crippen molar-refractivity contribution in [2.75, 3.05) is 6.61 Å². The maximum Gasteiger partial charge on any atom is 0.259 e. The minimum absolute atomic E-state index is 0.0242. The SMILES string of the molecule is C=CCON1C(=O)C2C(C1=O)C1(Cl)CC2(Cl)C(Cl)=C1Cl. The number of rotatable bonds is 3. The average molecular weight is 357 g/mol. The Labute approximate surface area is 135 Å². The van der Waals surface area contributed by atoms with E-state index in [1.54, 1.807) is 0 Å². The van der Waals surface area contributed by atoms with E-state index in [-0.39, 0.29) is 23.1 Å². The lowest BCUT2D eigenvalue weighted by Gasteiger charge is -2.28. The lowest BCUT2D eigenvalue weighted by molar-refractivity contribution is -0.186. The molecule has 2 bridgehead atoms. The summed E-state index contributed by atoms with van der Waals surface area (Å²) >= 11 is 25.1. The Hall–Kier alpha value is -0.260. The van der Waals surface area contributed by atoms with Gasteiger partial charge in [0.1, 0.15) is 0 Å². The molecule has 0 aromatic heterocycles. The molecule has 4 atom stereocenters. The van der Waals surface area contributed by atoms with Gasteiger partial charge in [0.2, 0.25) is 0 Å². The van der Waals surface area contributed by atoms with E-state index in [1.165, 1.54) is 6.08 Å². The van der Waals surface area contributed by atoms with Crippen LogP contribution in [-0.2, 0) is 14.4 Å². The highest BCUT2D eigenvalue weighted by atomic mass is 35.5. The van der Waals surface area contributed by atoms with Gasteiger partial charge in [-0.2, -0.15) is 5.06 Å². The molecule has 108 valence electrons. The van der Waals surface area contributed by atoms with Crippen molar-refractivity contribution in [3.05, 3.63) is 22.7 Å². The van der Waals surface area contributed by atoms with Crippen LogP contribution in [0.2, 0.25) is 0 Å². The van der Waals surface area contributed by atoms with E-state index in [2.05, 4.69) is 6.58 Å². The van der Waals surface area contributed by atoms with Gasteiger partial charge in [-0.1, -0.05) is 29.3 Å². The Morgan fingerprint density at radius 3 is 2.05 bits per heavy atom. The summed E-state index contributed by atoms with van der Waals surface area (Å²) in [6.45, 7) is 3.48. The number of hydroxylamine groups is 2. The maximum absolute atomic E-state index is 12.4. The number of hydrogen-bond acceptors (Lipinski definition) is 3. The molecule has 0 N–H and O–H groups in total. The second kappa shape index (κ2) is 4.37. The largest absolute Gasteiger partial charge is 0.272 e. The number of nitrogens with zero attached hydrogens (tertiary/aromatic N) is 1. The fourth-order valence-electron chi connectivity index (χ4n) is 3.21. The third-order valence-electron chi connectivity index (χ3n) is 4.01. The second-order valence-electron chi connectivity index (χ2n) is 5.04. The summed E-state index contributed by atoms with van der Waals surface area (Å²) in [5.41, 5.74) is 0. The number of carbonyl (C=O) groups is 2. The van der Waals surface area contributed by atoms with Crippen LogP contribution in [-0.4, -0.2) is 33.2 Å². The van der Waals surface area contributed by atoms with Crippen LogP contribution in [0.3, 0.4) is 0 Å². The van der Waals surface area contributed by atoms with E-state index in [4.69, 9.17) is 51.2 Å². The van der Waals surface area contributed by atoms with E-state index in [9.17, 15) is 9.59 Å². The highest BCUT2D eigenvalue weighted by Crippen LogP contribution is 2.69. The van der Waals surface area contributed by atoms with Crippen molar-refractivity contribution < 1.29 is 14.4 Å². The van der Waals surface area contributed by atoms with Gasteiger partial charge in [0.25, 0.3) is 11.8 Å². The zero-order valence-electron chi connectivity index (χ0n) is 10.0. The molecule has 0 radical (unpaired) electrons. The Morgan fingerprint density at radius 1 is 1.20 bits per heavy atom. The zero-order chi connectivity index (χ0) is 14.9. The molecule has 4 nitrogen and oxygen atoms in total. The first-order valence-electron chi connectivity index (χ1n) is 5.84. The average Bonchev–Trinajstić information content (AvgIpc) is 2.86. The number of allylic oxidation sites excluding steroid dienone is 2. The fraction of sp³-hybridized carbons (Fsp3) is 0.500. The quantitative estimate of drug-likeness (QED) is 0.443. The van der Waals surface area contributed by atoms with Crippen LogP contribution in [0.1, 0.15) is 6.42 Å². The molecule has 20 heavy (non-hydrogen) atoms. The van der Waals surface area contributed by atoms with Crippen molar-refractivity contribution in [2.24, 2.45) is 11.8 Å². The predicted molar refractivity (Wildman–Crippen MR) is 75.5 cm³/mol. The van der Waals surface area contributed by atoms with Crippen LogP contribution < -0.4 is 0 Å². The minimum atomic E-state index is -1.23. The van der Waals surface area contributed by atoms with Crippen LogP contribution >= 0.6 is 46.4 Å². The van der Waals surface area contributed by atoms with Crippen LogP contribution in [0.5, 0.6) is 0 Å². The van der Waals surface area contributed by atoms with Gasteiger partial charge >= 0.3 is 0 Å². The Kier molecular flexibility index (Phi) is 3.20. The summed E-state index contributed by atoms with van der Waals surface area (Å²) in [4.78, 5) is 27.4. The summed E-state index contributed by atoms with van der Waals surface area (Å²) in [6, 6.07) is 0. The third kappa shape index (κ3) is 1.49. The van der Waals surface area contributed by atoms with Crippen LogP contribution in [0, 0.1) is 11.8 Å². The van der Waals surface area contributed by atoms with Crippen molar-refractivity contribution in [1.82, 2.24) is 5.06 Å². The highest BCUT2D eigenvalue weighted by Gasteiger charge is 2.76. The van der Waals surface area contributed by atoms with Crippen molar-refractivity contribution in [3.8, 4) is 0 Å². The molecule has 3 rings (SSSR count). The van der Waals surface area contributed by atoms with E-state index >= 15 is 0 Å². The van der Waals surface area contributed by atoms with Crippen LogP contribution in [0.25, 0.3) is 0 Å². The maximum atomic E-state index is 12.4. The number of halogens is 4. The smallest absolute Gasteiger partial charge is 0.259 e. The van der Waals surface area contributed by atoms with Gasteiger partial charge in [0.05, 0.1) is 38.3 Å². The van der Waals surface area contributed by atoms with Crippen LogP contribution in [0.15, 0.2) is 22.7 Å². The van der Waals surface area contributed by atoms with Gasteiger partial charge in [-0.3, -0.25) is 14.4 Å². The molecule has 4 unspecified atom stereocenters. The van der Waals surface area contributed by atoms with Crippen molar-refractivity contribution >= 4 is 58.2 Å². The third-order valence-corrected chi connectivity index (χ3v) is 6.47. The lowest BCUT2D eigenvalue weighted by Crippen LogP contribution is -2.38. The molecule has 1 saturated heterocycles. The van der Waals surface area contributed by atoms with Crippen molar-refractivity contribution in [2.45, 2.75) is 16.2 Å². The van der Waals surface area contributed by atoms with Gasteiger partial charge in [0.15, 0.2) is 0 Å². The minimum Gasteiger partial charge on any atom is -0.272 e. The number of carbonyl (C=O) groups excluding carboxylic acids is 2. The monoisotopic (exact) mass is 355 g/mol. The van der Waals surface area contributed by atoms with Gasteiger partial charge in [-0.15, -0.1) is 29.8 Å². The highest BCUT2D eigenvalue weighted by molar-refractivity contribution is 6.52. The summed E-state index contributed by atoms with van der Waals surface area (Å²) in [5.74, 6) is -2.79. The molecule has 2 aliphatic carbocycles. The first kappa shape index (κ1) is 14.7. The zero-order valence-corrected chi connectivity index (χ0v) is 13.1. The first-order valence-corrected chi connectivity index (χ1v) is 7.36. The molecule has 0 spiro atoms. The first-order chi connectivity index (χ1) is 9.29. The molecule has 1 aliphatic heterocycles. The summed E-state index contributed by atoms with van der Waals surface area (Å²) < 4.78 is 0. The molecular weight excluding hydrogens is 348 g/mol. The molecule has 1 saturated carbocycles. The van der Waals surface area contributed by atoms with E-state index in [0.29, 0.717) is 5.06 Å². The number of imide groups is 1. The molecule has 8 heteroatoms. The Bertz CT molecular complexity index is 535. The Morgan fingerprint density at radius 2 is 1.65 bits per heavy atom. The molecule has 0 aromatic carbocycles. The summed E-state index contributed by atoms with van der Waals surface area (Å²) in [7, 11) is 0. The van der Waals surface area contributed by atoms with E-state index < -0.39 is 33.4 Å². The van der Waals surface area contributed by atoms with Gasteiger partial charge in [-0.05, 0) is 6.42 Å². The molecule has 1 heterocycles. The fourth-order valence-corrected chi connectivity index (χ4v) is 5.13. The standard InChI is InChI=1S/C12H9Cl4NO3/c1-2-3-20-17-9(18)5-6(10(17)19)12(16)4-11(5,15)7(13)8(12)14/h2,5-6H,1,3-4H2. The molecule has 3 aliphatic rings. The van der Waals surface area contributed by atoms with Crippen LogP contribution in [0.4, 0.5) is 0 Å². The molecule has 0 aromatic rings. The van der Waals surface area contributed by atoms with Gasteiger partial charge < -0.3 is 0 Å². The number of hydrogen-bond donors (Lipinski definition) is 0. The molecule has 2 fully saturated rings. The molecule has 2 amide bonds. The normalized spacial score (nSPS) is 42.7. The lowest BCUT2D eigenvalue weighted by atomic mass is 9.84. The number of amides is 2. The van der Waals surface area contributed by atoms with E-state index in [0.717, 1.165) is 0 Å². The van der Waals surface area contributed by atoms with Crippen molar-refractivity contribution in [1.29, 1.82) is 0 Å².